The van der Waals surface area contributed by atoms with E-state index in [1.54, 1.807) is 0 Å². The fraction of sp³-hybridized carbons (Fsp3) is 0.111. The van der Waals surface area contributed by atoms with Gasteiger partial charge in [-0.15, -0.1) is 0 Å². The van der Waals surface area contributed by atoms with Crippen molar-refractivity contribution in [3.63, 3.8) is 0 Å². The van der Waals surface area contributed by atoms with Crippen LogP contribution in [0, 0.1) is 13.8 Å². The van der Waals surface area contributed by atoms with Gasteiger partial charge in [-0.25, -0.2) is 4.98 Å². The predicted octanol–water partition coefficient (Wildman–Crippen LogP) is 4.10. The molecule has 3 rings (SSSR count). The number of rotatable bonds is 2. The van der Waals surface area contributed by atoms with Crippen LogP contribution in [-0.4, -0.2) is 10.9 Å². The molecule has 0 aliphatic carbocycles. The van der Waals surface area contributed by atoms with Gasteiger partial charge in [-0.3, -0.25) is 4.79 Å². The van der Waals surface area contributed by atoms with E-state index in [9.17, 15) is 4.79 Å². The van der Waals surface area contributed by atoms with Gasteiger partial charge < -0.3 is 5.32 Å². The van der Waals surface area contributed by atoms with Crippen molar-refractivity contribution in [3.8, 4) is 0 Å². The smallest absolute Gasteiger partial charge is 0.256 e. The zero-order valence-electron chi connectivity index (χ0n) is 12.1. The second kappa shape index (κ2) is 5.37. The molecule has 0 fully saturated rings. The first-order chi connectivity index (χ1) is 10.1. The van der Waals surface area contributed by atoms with E-state index >= 15 is 0 Å². The molecule has 21 heavy (non-hydrogen) atoms. The number of carbonyl (C=O) groups excluding carboxylic acids is 1. The Bertz CT molecular complexity index is 804. The molecule has 0 aliphatic heterocycles. The summed E-state index contributed by atoms with van der Waals surface area (Å²) in [4.78, 5) is 16.8. The second-order valence-electron chi connectivity index (χ2n) is 5.22. The van der Waals surface area contributed by atoms with Crippen molar-refractivity contribution in [2.75, 3.05) is 5.32 Å². The molecule has 3 nitrogen and oxygen atoms in total. The Balaban J connectivity index is 1.88. The summed E-state index contributed by atoms with van der Waals surface area (Å²) < 4.78 is 0. The second-order valence-corrected chi connectivity index (χ2v) is 5.22. The molecule has 2 aromatic carbocycles. The molecule has 1 amide bonds. The predicted molar refractivity (Wildman–Crippen MR) is 85.6 cm³/mol. The van der Waals surface area contributed by atoms with Crippen LogP contribution < -0.4 is 5.32 Å². The number of benzene rings is 2. The number of pyridine rings is 1. The van der Waals surface area contributed by atoms with Gasteiger partial charge in [0.1, 0.15) is 5.82 Å². The number of carbonyl (C=O) groups is 1. The highest BCUT2D eigenvalue weighted by Crippen LogP contribution is 2.16. The van der Waals surface area contributed by atoms with Gasteiger partial charge in [-0.05, 0) is 44.2 Å². The number of aromatic nitrogens is 1. The molecule has 1 heterocycles. The van der Waals surface area contributed by atoms with Crippen LogP contribution in [0.4, 0.5) is 5.82 Å². The monoisotopic (exact) mass is 276 g/mol. The summed E-state index contributed by atoms with van der Waals surface area (Å²) >= 11 is 0. The van der Waals surface area contributed by atoms with E-state index in [1.807, 2.05) is 68.4 Å². The molecule has 0 bridgehead atoms. The minimum Gasteiger partial charge on any atom is -0.307 e. The first-order valence-corrected chi connectivity index (χ1v) is 6.87. The number of hydrogen-bond acceptors (Lipinski definition) is 2. The summed E-state index contributed by atoms with van der Waals surface area (Å²) in [7, 11) is 0. The largest absolute Gasteiger partial charge is 0.307 e. The van der Waals surface area contributed by atoms with Crippen LogP contribution in [0.25, 0.3) is 10.9 Å². The van der Waals surface area contributed by atoms with Crippen molar-refractivity contribution in [3.05, 3.63) is 71.3 Å². The Morgan fingerprint density at radius 2 is 1.67 bits per heavy atom. The number of nitrogens with zero attached hydrogens (tertiary/aromatic N) is 1. The fourth-order valence-electron chi connectivity index (χ4n) is 2.43. The summed E-state index contributed by atoms with van der Waals surface area (Å²) in [6.07, 6.45) is 0. The summed E-state index contributed by atoms with van der Waals surface area (Å²) in [6.45, 7) is 3.97. The van der Waals surface area contributed by atoms with Crippen molar-refractivity contribution in [1.29, 1.82) is 0 Å². The van der Waals surface area contributed by atoms with Crippen molar-refractivity contribution in [2.45, 2.75) is 13.8 Å². The molecule has 104 valence electrons. The standard InChI is InChI=1S/C18H16N2O/c1-12-9-13(2)11-15(10-12)18(21)20-17-8-7-14-5-3-4-6-16(14)19-17/h3-11H,1-2H3,(H,19,20,21). The maximum Gasteiger partial charge on any atom is 0.256 e. The van der Waals surface area contributed by atoms with E-state index in [-0.39, 0.29) is 5.91 Å². The average Bonchev–Trinajstić information content (AvgIpc) is 2.46. The van der Waals surface area contributed by atoms with Crippen molar-refractivity contribution >= 4 is 22.6 Å². The van der Waals surface area contributed by atoms with E-state index in [1.165, 1.54) is 0 Å². The van der Waals surface area contributed by atoms with Crippen LogP contribution in [0.5, 0.6) is 0 Å². The van der Waals surface area contributed by atoms with Crippen LogP contribution in [-0.2, 0) is 0 Å². The Kier molecular flexibility index (Phi) is 3.40. The molecule has 1 aromatic heterocycles. The van der Waals surface area contributed by atoms with E-state index in [2.05, 4.69) is 10.3 Å². The van der Waals surface area contributed by atoms with Gasteiger partial charge in [0.05, 0.1) is 5.52 Å². The van der Waals surface area contributed by atoms with Gasteiger partial charge in [0.15, 0.2) is 0 Å². The molecule has 1 N–H and O–H groups in total. The van der Waals surface area contributed by atoms with E-state index in [0.717, 1.165) is 22.0 Å². The molecule has 3 aromatic rings. The van der Waals surface area contributed by atoms with Gasteiger partial charge in [0, 0.05) is 10.9 Å². The SMILES string of the molecule is Cc1cc(C)cc(C(=O)Nc2ccc3ccccc3n2)c1. The molecule has 3 heteroatoms. The molecule has 0 spiro atoms. The third-order valence-electron chi connectivity index (χ3n) is 3.32. The number of aryl methyl sites for hydroxylation is 2. The number of fused-ring (bicyclic) bond motifs is 1. The number of nitrogens with one attached hydrogen (secondary N) is 1. The van der Waals surface area contributed by atoms with E-state index in [4.69, 9.17) is 0 Å². The molecule has 0 atom stereocenters. The van der Waals surface area contributed by atoms with Crippen molar-refractivity contribution in [2.24, 2.45) is 0 Å². The van der Waals surface area contributed by atoms with Crippen LogP contribution in [0.15, 0.2) is 54.6 Å². The molecular weight excluding hydrogens is 260 g/mol. The normalized spacial score (nSPS) is 10.6. The van der Waals surface area contributed by atoms with Crippen LogP contribution >= 0.6 is 0 Å². The summed E-state index contributed by atoms with van der Waals surface area (Å²) in [6, 6.07) is 17.4. The Hall–Kier alpha value is -2.68. The highest BCUT2D eigenvalue weighted by atomic mass is 16.1. The van der Waals surface area contributed by atoms with Crippen molar-refractivity contribution in [1.82, 2.24) is 4.98 Å². The minimum atomic E-state index is -0.135. The Morgan fingerprint density at radius 1 is 0.952 bits per heavy atom. The van der Waals surface area contributed by atoms with Gasteiger partial charge >= 0.3 is 0 Å². The van der Waals surface area contributed by atoms with Gasteiger partial charge in [-0.2, -0.15) is 0 Å². The highest BCUT2D eigenvalue weighted by Gasteiger charge is 2.08. The van der Waals surface area contributed by atoms with Crippen molar-refractivity contribution < 1.29 is 4.79 Å². The molecule has 0 saturated carbocycles. The zero-order valence-corrected chi connectivity index (χ0v) is 12.1. The first-order valence-electron chi connectivity index (χ1n) is 6.87. The maximum absolute atomic E-state index is 12.3. The lowest BCUT2D eigenvalue weighted by molar-refractivity contribution is 0.102. The minimum absolute atomic E-state index is 0.135. The molecule has 0 radical (unpaired) electrons. The summed E-state index contributed by atoms with van der Waals surface area (Å²) in [5.41, 5.74) is 3.68. The molecular formula is C18H16N2O. The number of anilines is 1. The number of para-hydroxylation sites is 1. The Morgan fingerprint density at radius 3 is 2.43 bits per heavy atom. The summed E-state index contributed by atoms with van der Waals surface area (Å²) in [5, 5.41) is 3.91. The maximum atomic E-state index is 12.3. The lowest BCUT2D eigenvalue weighted by Crippen LogP contribution is -2.13. The molecule has 0 aliphatic rings. The van der Waals surface area contributed by atoms with E-state index in [0.29, 0.717) is 11.4 Å². The lowest BCUT2D eigenvalue weighted by Gasteiger charge is -2.07. The van der Waals surface area contributed by atoms with Gasteiger partial charge in [-0.1, -0.05) is 35.4 Å². The number of hydrogen-bond donors (Lipinski definition) is 1. The third-order valence-corrected chi connectivity index (χ3v) is 3.32. The third kappa shape index (κ3) is 2.92. The van der Waals surface area contributed by atoms with Gasteiger partial charge in [0.2, 0.25) is 0 Å². The van der Waals surface area contributed by atoms with Crippen LogP contribution in [0.2, 0.25) is 0 Å². The molecule has 0 saturated heterocycles. The Labute approximate surface area is 123 Å². The number of amides is 1. The first kappa shape index (κ1) is 13.3. The van der Waals surface area contributed by atoms with Crippen LogP contribution in [0.1, 0.15) is 21.5 Å². The fourth-order valence-corrected chi connectivity index (χ4v) is 2.43. The average molecular weight is 276 g/mol. The zero-order chi connectivity index (χ0) is 14.8. The quantitative estimate of drug-likeness (QED) is 0.765. The topological polar surface area (TPSA) is 42.0 Å². The van der Waals surface area contributed by atoms with E-state index < -0.39 is 0 Å². The summed E-state index contributed by atoms with van der Waals surface area (Å²) in [5.74, 6) is 0.433. The lowest BCUT2D eigenvalue weighted by atomic mass is 10.1. The highest BCUT2D eigenvalue weighted by molar-refractivity contribution is 6.04. The van der Waals surface area contributed by atoms with Gasteiger partial charge in [0.25, 0.3) is 5.91 Å². The van der Waals surface area contributed by atoms with Crippen LogP contribution in [0.3, 0.4) is 0 Å². The molecule has 0 unspecified atom stereocenters.